The monoisotopic (exact) mass is 250 g/mol. The summed E-state index contributed by atoms with van der Waals surface area (Å²) in [5.74, 6) is 1.52. The van der Waals surface area contributed by atoms with Crippen molar-refractivity contribution in [1.29, 1.82) is 0 Å². The first-order valence-corrected chi connectivity index (χ1v) is 6.92. The molecule has 0 radical (unpaired) electrons. The number of nitrogens with two attached hydrogens (primary N) is 1. The Morgan fingerprint density at radius 1 is 1.33 bits per heavy atom. The van der Waals surface area contributed by atoms with Crippen molar-refractivity contribution in [1.82, 2.24) is 4.90 Å². The molecule has 2 fully saturated rings. The Bertz CT molecular complexity index is 362. The lowest BCUT2D eigenvalue weighted by molar-refractivity contribution is 0.0225. The van der Waals surface area contributed by atoms with E-state index in [-0.39, 0.29) is 6.04 Å². The molecule has 0 amide bonds. The smallest absolute Gasteiger partial charge is 0.117 e. The van der Waals surface area contributed by atoms with Crippen molar-refractivity contribution in [3.05, 3.63) is 24.2 Å². The maximum atomic E-state index is 6.19. The lowest BCUT2D eigenvalue weighted by atomic mass is 9.96. The average Bonchev–Trinajstić information content (AvgIpc) is 3.10. The third kappa shape index (κ3) is 2.94. The number of nitrogens with zero attached hydrogens (tertiary/aromatic N) is 1. The molecule has 100 valence electrons. The minimum absolute atomic E-state index is 0.289. The van der Waals surface area contributed by atoms with Crippen molar-refractivity contribution in [3.63, 3.8) is 0 Å². The molecule has 2 unspecified atom stereocenters. The summed E-state index contributed by atoms with van der Waals surface area (Å²) >= 11 is 0. The lowest BCUT2D eigenvalue weighted by Gasteiger charge is -2.33. The highest BCUT2D eigenvalue weighted by Crippen LogP contribution is 2.30. The van der Waals surface area contributed by atoms with Gasteiger partial charge in [-0.1, -0.05) is 0 Å². The summed E-state index contributed by atoms with van der Waals surface area (Å²) in [6.45, 7) is 3.56. The molecule has 1 aromatic rings. The zero-order valence-corrected chi connectivity index (χ0v) is 10.8. The first-order valence-electron chi connectivity index (χ1n) is 6.92. The number of hydrogen-bond donors (Lipinski definition) is 1. The van der Waals surface area contributed by atoms with Gasteiger partial charge in [0.25, 0.3) is 0 Å². The van der Waals surface area contributed by atoms with Gasteiger partial charge in [-0.25, -0.2) is 0 Å². The predicted octanol–water partition coefficient (Wildman–Crippen LogP) is 1.61. The molecule has 3 rings (SSSR count). The maximum Gasteiger partial charge on any atom is 0.117 e. The summed E-state index contributed by atoms with van der Waals surface area (Å²) in [4.78, 5) is 2.51. The van der Waals surface area contributed by atoms with E-state index in [9.17, 15) is 0 Å². The summed E-state index contributed by atoms with van der Waals surface area (Å²) in [6, 6.07) is 5.02. The summed E-state index contributed by atoms with van der Waals surface area (Å²) < 4.78 is 11.0. The van der Waals surface area contributed by atoms with Gasteiger partial charge in [-0.3, -0.25) is 4.90 Å². The van der Waals surface area contributed by atoms with Crippen molar-refractivity contribution >= 4 is 0 Å². The van der Waals surface area contributed by atoms with Crippen LogP contribution < -0.4 is 5.73 Å². The Kier molecular flexibility index (Phi) is 3.68. The van der Waals surface area contributed by atoms with Crippen molar-refractivity contribution in [2.75, 3.05) is 19.8 Å². The van der Waals surface area contributed by atoms with E-state index >= 15 is 0 Å². The van der Waals surface area contributed by atoms with Crippen LogP contribution in [-0.2, 0) is 11.3 Å². The quantitative estimate of drug-likeness (QED) is 0.862. The minimum Gasteiger partial charge on any atom is -0.468 e. The first-order chi connectivity index (χ1) is 8.83. The van der Waals surface area contributed by atoms with Gasteiger partial charge in [0.05, 0.1) is 19.4 Å². The summed E-state index contributed by atoms with van der Waals surface area (Å²) in [7, 11) is 0. The van der Waals surface area contributed by atoms with E-state index in [1.54, 1.807) is 6.26 Å². The summed E-state index contributed by atoms with van der Waals surface area (Å²) in [5.41, 5.74) is 6.19. The first kappa shape index (κ1) is 12.2. The number of hydrogen-bond acceptors (Lipinski definition) is 4. The van der Waals surface area contributed by atoms with E-state index in [2.05, 4.69) is 4.90 Å². The lowest BCUT2D eigenvalue weighted by Crippen LogP contribution is -2.45. The molecule has 1 aliphatic heterocycles. The summed E-state index contributed by atoms with van der Waals surface area (Å²) in [6.07, 6.45) is 5.35. The number of ether oxygens (including phenoxy) is 1. The fourth-order valence-corrected chi connectivity index (χ4v) is 2.69. The summed E-state index contributed by atoms with van der Waals surface area (Å²) in [5, 5.41) is 0. The highest BCUT2D eigenvalue weighted by atomic mass is 16.5. The second-order valence-electron chi connectivity index (χ2n) is 5.53. The third-order valence-electron chi connectivity index (χ3n) is 4.00. The van der Waals surface area contributed by atoms with Gasteiger partial charge in [0.15, 0.2) is 0 Å². The molecule has 1 saturated carbocycles. The van der Waals surface area contributed by atoms with E-state index in [1.807, 2.05) is 12.1 Å². The van der Waals surface area contributed by atoms with Crippen LogP contribution in [0.2, 0.25) is 0 Å². The van der Waals surface area contributed by atoms with Crippen LogP contribution in [0.1, 0.15) is 25.0 Å². The van der Waals surface area contributed by atoms with Crippen molar-refractivity contribution in [3.8, 4) is 0 Å². The standard InChI is InChI=1S/C14H22N2O2/c15-14-5-7-17-10-11(14)8-16(12-3-4-12)9-13-2-1-6-18-13/h1-2,6,11-12,14H,3-5,7-10,15H2. The molecule has 18 heavy (non-hydrogen) atoms. The van der Waals surface area contributed by atoms with Crippen LogP contribution >= 0.6 is 0 Å². The average molecular weight is 250 g/mol. The van der Waals surface area contributed by atoms with Gasteiger partial charge >= 0.3 is 0 Å². The van der Waals surface area contributed by atoms with Crippen molar-refractivity contribution in [2.24, 2.45) is 11.7 Å². The second kappa shape index (κ2) is 5.43. The number of rotatable bonds is 5. The Morgan fingerprint density at radius 3 is 2.89 bits per heavy atom. The van der Waals surface area contributed by atoms with Gasteiger partial charge in [-0.15, -0.1) is 0 Å². The van der Waals surface area contributed by atoms with Crippen molar-refractivity contribution < 1.29 is 9.15 Å². The van der Waals surface area contributed by atoms with Crippen LogP contribution in [0.5, 0.6) is 0 Å². The topological polar surface area (TPSA) is 51.6 Å². The molecule has 2 heterocycles. The van der Waals surface area contributed by atoms with Gasteiger partial charge in [-0.2, -0.15) is 0 Å². The Balaban J connectivity index is 1.59. The molecule has 1 aromatic heterocycles. The van der Waals surface area contributed by atoms with E-state index in [0.717, 1.165) is 44.5 Å². The molecule has 0 bridgehead atoms. The fraction of sp³-hybridized carbons (Fsp3) is 0.714. The molecule has 2 aliphatic rings. The van der Waals surface area contributed by atoms with Crippen LogP contribution in [-0.4, -0.2) is 36.7 Å². The highest BCUT2D eigenvalue weighted by molar-refractivity contribution is 5.00. The number of furan rings is 1. The van der Waals surface area contributed by atoms with E-state index in [4.69, 9.17) is 14.9 Å². The predicted molar refractivity (Wildman–Crippen MR) is 69.0 cm³/mol. The fourth-order valence-electron chi connectivity index (χ4n) is 2.69. The molecule has 1 saturated heterocycles. The van der Waals surface area contributed by atoms with Crippen LogP contribution in [0.25, 0.3) is 0 Å². The zero-order chi connectivity index (χ0) is 12.4. The van der Waals surface area contributed by atoms with Crippen LogP contribution in [0.15, 0.2) is 22.8 Å². The molecule has 1 aliphatic carbocycles. The largest absolute Gasteiger partial charge is 0.468 e. The zero-order valence-electron chi connectivity index (χ0n) is 10.8. The maximum absolute atomic E-state index is 6.19. The Morgan fingerprint density at radius 2 is 2.22 bits per heavy atom. The molecular formula is C14H22N2O2. The second-order valence-corrected chi connectivity index (χ2v) is 5.53. The molecule has 0 spiro atoms. The van der Waals surface area contributed by atoms with E-state index in [1.165, 1.54) is 12.8 Å². The molecule has 4 nitrogen and oxygen atoms in total. The van der Waals surface area contributed by atoms with Crippen LogP contribution in [0.4, 0.5) is 0 Å². The SMILES string of the molecule is NC1CCOCC1CN(Cc1ccco1)C1CC1. The van der Waals surface area contributed by atoms with Crippen molar-refractivity contribution in [2.45, 2.75) is 37.9 Å². The molecule has 2 N–H and O–H groups in total. The molecule has 0 aromatic carbocycles. The Labute approximate surface area is 108 Å². The van der Waals surface area contributed by atoms with Gasteiger partial charge in [0.1, 0.15) is 5.76 Å². The van der Waals surface area contributed by atoms with Gasteiger partial charge in [0, 0.05) is 31.2 Å². The highest BCUT2D eigenvalue weighted by Gasteiger charge is 2.33. The molecule has 4 heteroatoms. The van der Waals surface area contributed by atoms with E-state index in [0.29, 0.717) is 5.92 Å². The molecular weight excluding hydrogens is 228 g/mol. The third-order valence-corrected chi connectivity index (χ3v) is 4.00. The van der Waals surface area contributed by atoms with Gasteiger partial charge < -0.3 is 14.9 Å². The van der Waals surface area contributed by atoms with E-state index < -0.39 is 0 Å². The Hall–Kier alpha value is -0.840. The van der Waals surface area contributed by atoms with Crippen LogP contribution in [0.3, 0.4) is 0 Å². The minimum atomic E-state index is 0.289. The van der Waals surface area contributed by atoms with Gasteiger partial charge in [0.2, 0.25) is 0 Å². The van der Waals surface area contributed by atoms with Crippen LogP contribution in [0, 0.1) is 5.92 Å². The molecule has 2 atom stereocenters. The normalized spacial score (nSPS) is 28.8. The van der Waals surface area contributed by atoms with Gasteiger partial charge in [-0.05, 0) is 31.4 Å².